The lowest BCUT2D eigenvalue weighted by Gasteiger charge is -2.39. The normalized spacial score (nSPS) is 24.4. The molecule has 0 spiro atoms. The predicted molar refractivity (Wildman–Crippen MR) is 83.9 cm³/mol. The zero-order valence-electron chi connectivity index (χ0n) is 13.2. The van der Waals surface area contributed by atoms with Crippen LogP contribution in [-0.4, -0.2) is 18.1 Å². The summed E-state index contributed by atoms with van der Waals surface area (Å²) in [5.74, 6) is 1.25. The molecule has 0 radical (unpaired) electrons. The number of nitrogens with zero attached hydrogens (tertiary/aromatic N) is 1. The van der Waals surface area contributed by atoms with Gasteiger partial charge in [0.15, 0.2) is 0 Å². The van der Waals surface area contributed by atoms with E-state index in [1.807, 2.05) is 0 Å². The second kappa shape index (κ2) is 5.92. The van der Waals surface area contributed by atoms with Crippen molar-refractivity contribution in [3.05, 3.63) is 28.3 Å². The van der Waals surface area contributed by atoms with Gasteiger partial charge in [-0.2, -0.15) is 0 Å². The first-order chi connectivity index (χ1) is 9.80. The number of rotatable bonds is 4. The summed E-state index contributed by atoms with van der Waals surface area (Å²) >= 11 is 0. The Balaban J connectivity index is 2.23. The number of methoxy groups -OCH3 is 1. The molecule has 1 aromatic carbocycles. The third-order valence-corrected chi connectivity index (χ3v) is 4.15. The molecule has 2 rings (SSSR count). The highest BCUT2D eigenvalue weighted by Gasteiger charge is 2.32. The first-order valence-corrected chi connectivity index (χ1v) is 7.40. The molecule has 0 saturated heterocycles. The average molecular weight is 292 g/mol. The first-order valence-electron chi connectivity index (χ1n) is 7.40. The molecule has 5 nitrogen and oxygen atoms in total. The fourth-order valence-electron chi connectivity index (χ4n) is 3.59. The van der Waals surface area contributed by atoms with Gasteiger partial charge >= 0.3 is 0 Å². The van der Waals surface area contributed by atoms with Crippen LogP contribution in [0.1, 0.15) is 40.0 Å². The van der Waals surface area contributed by atoms with Crippen LogP contribution in [0.5, 0.6) is 5.75 Å². The van der Waals surface area contributed by atoms with E-state index in [-0.39, 0.29) is 22.1 Å². The fourth-order valence-corrected chi connectivity index (χ4v) is 3.59. The predicted octanol–water partition coefficient (Wildman–Crippen LogP) is 4.23. The quantitative estimate of drug-likeness (QED) is 0.666. The summed E-state index contributed by atoms with van der Waals surface area (Å²) in [6.07, 6.45) is 3.26. The first kappa shape index (κ1) is 15.6. The van der Waals surface area contributed by atoms with Gasteiger partial charge in [0.1, 0.15) is 11.4 Å². The van der Waals surface area contributed by atoms with Gasteiger partial charge in [-0.15, -0.1) is 0 Å². The Hall–Kier alpha value is -1.78. The molecule has 1 aliphatic carbocycles. The van der Waals surface area contributed by atoms with Crippen LogP contribution in [0, 0.1) is 21.4 Å². The van der Waals surface area contributed by atoms with Crippen molar-refractivity contribution in [1.29, 1.82) is 0 Å². The molecule has 0 aromatic heterocycles. The summed E-state index contributed by atoms with van der Waals surface area (Å²) in [6.45, 7) is 6.77. The van der Waals surface area contributed by atoms with Crippen LogP contribution in [0.4, 0.5) is 11.4 Å². The second-order valence-corrected chi connectivity index (χ2v) is 6.89. The number of hydrogen-bond donors (Lipinski definition) is 1. The lowest BCUT2D eigenvalue weighted by molar-refractivity contribution is -0.384. The fraction of sp³-hybridized carbons (Fsp3) is 0.625. The third-order valence-electron chi connectivity index (χ3n) is 4.15. The topological polar surface area (TPSA) is 64.4 Å². The van der Waals surface area contributed by atoms with Crippen molar-refractivity contribution in [3.8, 4) is 5.75 Å². The van der Waals surface area contributed by atoms with Crippen molar-refractivity contribution < 1.29 is 9.66 Å². The Morgan fingerprint density at radius 1 is 1.38 bits per heavy atom. The Morgan fingerprint density at radius 3 is 2.67 bits per heavy atom. The summed E-state index contributed by atoms with van der Waals surface area (Å²) in [6, 6.07) is 5.09. The average Bonchev–Trinajstić information content (AvgIpc) is 2.35. The van der Waals surface area contributed by atoms with E-state index in [1.54, 1.807) is 19.2 Å². The lowest BCUT2D eigenvalue weighted by atomic mass is 9.70. The highest BCUT2D eigenvalue weighted by atomic mass is 16.6. The smallest absolute Gasteiger partial charge is 0.292 e. The molecule has 1 saturated carbocycles. The molecule has 1 fully saturated rings. The molecule has 116 valence electrons. The van der Waals surface area contributed by atoms with E-state index in [4.69, 9.17) is 4.74 Å². The van der Waals surface area contributed by atoms with E-state index in [1.165, 1.54) is 12.5 Å². The van der Waals surface area contributed by atoms with Gasteiger partial charge < -0.3 is 10.1 Å². The van der Waals surface area contributed by atoms with E-state index < -0.39 is 0 Å². The Labute approximate surface area is 125 Å². The van der Waals surface area contributed by atoms with Gasteiger partial charge in [0.2, 0.25) is 0 Å². The zero-order valence-corrected chi connectivity index (χ0v) is 13.2. The maximum atomic E-state index is 11.2. The molecule has 0 bridgehead atoms. The number of hydrogen-bond acceptors (Lipinski definition) is 4. The van der Waals surface area contributed by atoms with E-state index in [2.05, 4.69) is 26.1 Å². The molecular weight excluding hydrogens is 268 g/mol. The SMILES string of the molecule is COc1ccc([N+](=O)[O-])c(N[C@@H]2C[C@H](C)CC(C)(C)C2)c1. The summed E-state index contributed by atoms with van der Waals surface area (Å²) in [5, 5.41) is 14.5. The van der Waals surface area contributed by atoms with E-state index in [0.29, 0.717) is 17.4 Å². The van der Waals surface area contributed by atoms with Gasteiger partial charge in [-0.1, -0.05) is 20.8 Å². The summed E-state index contributed by atoms with van der Waals surface area (Å²) < 4.78 is 5.18. The molecule has 21 heavy (non-hydrogen) atoms. The van der Waals surface area contributed by atoms with Gasteiger partial charge in [-0.25, -0.2) is 0 Å². The van der Waals surface area contributed by atoms with Crippen LogP contribution in [0.3, 0.4) is 0 Å². The number of nitro groups is 1. The van der Waals surface area contributed by atoms with Crippen LogP contribution >= 0.6 is 0 Å². The van der Waals surface area contributed by atoms with Crippen molar-refractivity contribution >= 4 is 11.4 Å². The van der Waals surface area contributed by atoms with Gasteiger partial charge in [0.05, 0.1) is 12.0 Å². The highest BCUT2D eigenvalue weighted by Crippen LogP contribution is 2.40. The van der Waals surface area contributed by atoms with Crippen molar-refractivity contribution in [2.24, 2.45) is 11.3 Å². The van der Waals surface area contributed by atoms with Crippen molar-refractivity contribution in [2.45, 2.75) is 46.1 Å². The third kappa shape index (κ3) is 3.86. The molecule has 2 atom stereocenters. The van der Waals surface area contributed by atoms with E-state index in [9.17, 15) is 10.1 Å². The number of benzene rings is 1. The highest BCUT2D eigenvalue weighted by molar-refractivity contribution is 5.64. The zero-order chi connectivity index (χ0) is 15.6. The monoisotopic (exact) mass is 292 g/mol. The van der Waals surface area contributed by atoms with Gasteiger partial charge in [0.25, 0.3) is 5.69 Å². The standard InChI is InChI=1S/C16H24N2O3/c1-11-7-12(10-16(2,3)9-11)17-14-8-13(21-4)5-6-15(14)18(19)20/h5-6,8,11-12,17H,7,9-10H2,1-4H3/t11-,12+/m0/s1. The number of ether oxygens (including phenoxy) is 1. The maximum absolute atomic E-state index is 11.2. The molecule has 1 aliphatic rings. The number of nitro benzene ring substituents is 1. The molecule has 0 heterocycles. The van der Waals surface area contributed by atoms with Gasteiger partial charge in [-0.3, -0.25) is 10.1 Å². The minimum Gasteiger partial charge on any atom is -0.497 e. The van der Waals surface area contributed by atoms with E-state index in [0.717, 1.165) is 12.8 Å². The molecular formula is C16H24N2O3. The van der Waals surface area contributed by atoms with Crippen LogP contribution < -0.4 is 10.1 Å². The number of anilines is 1. The van der Waals surface area contributed by atoms with Gasteiger partial charge in [-0.05, 0) is 36.7 Å². The van der Waals surface area contributed by atoms with Crippen molar-refractivity contribution in [1.82, 2.24) is 0 Å². The van der Waals surface area contributed by atoms with Crippen molar-refractivity contribution in [2.75, 3.05) is 12.4 Å². The molecule has 1 aromatic rings. The summed E-state index contributed by atoms with van der Waals surface area (Å²) in [7, 11) is 1.57. The number of nitrogens with one attached hydrogen (secondary N) is 1. The summed E-state index contributed by atoms with van der Waals surface area (Å²) in [4.78, 5) is 10.8. The van der Waals surface area contributed by atoms with Crippen LogP contribution in [0.15, 0.2) is 18.2 Å². The lowest BCUT2D eigenvalue weighted by Crippen LogP contribution is -2.35. The Kier molecular flexibility index (Phi) is 4.40. The van der Waals surface area contributed by atoms with Crippen molar-refractivity contribution in [3.63, 3.8) is 0 Å². The Bertz CT molecular complexity index is 528. The van der Waals surface area contributed by atoms with Crippen LogP contribution in [-0.2, 0) is 0 Å². The molecule has 0 aliphatic heterocycles. The molecule has 5 heteroatoms. The minimum absolute atomic E-state index is 0.104. The molecule has 0 unspecified atom stereocenters. The van der Waals surface area contributed by atoms with Crippen LogP contribution in [0.25, 0.3) is 0 Å². The second-order valence-electron chi connectivity index (χ2n) is 6.89. The van der Waals surface area contributed by atoms with Gasteiger partial charge in [0, 0.05) is 18.2 Å². The summed E-state index contributed by atoms with van der Waals surface area (Å²) in [5.41, 5.74) is 0.921. The minimum atomic E-state index is -0.348. The van der Waals surface area contributed by atoms with Crippen LogP contribution in [0.2, 0.25) is 0 Å². The maximum Gasteiger partial charge on any atom is 0.292 e. The molecule has 1 N–H and O–H groups in total. The Morgan fingerprint density at radius 2 is 2.10 bits per heavy atom. The van der Waals surface area contributed by atoms with E-state index >= 15 is 0 Å². The molecule has 0 amide bonds. The largest absolute Gasteiger partial charge is 0.497 e.